The minimum Gasteiger partial charge on any atom is -0.368 e. The zero-order valence-corrected chi connectivity index (χ0v) is 8.06. The van der Waals surface area contributed by atoms with Gasteiger partial charge < -0.3 is 11.5 Å². The molecule has 0 aliphatic heterocycles. The van der Waals surface area contributed by atoms with Crippen LogP contribution < -0.4 is 11.5 Å². The third-order valence-electron chi connectivity index (χ3n) is 1.74. The first kappa shape index (κ1) is 9.83. The second-order valence-corrected chi connectivity index (χ2v) is 2.75. The van der Waals surface area contributed by atoms with Crippen LogP contribution in [-0.2, 0) is 0 Å². The SMILES string of the molecule is Nc1ncnn1/C=C/C(=O)n1ncnc1N. The van der Waals surface area contributed by atoms with Gasteiger partial charge in [0.05, 0.1) is 0 Å². The summed E-state index contributed by atoms with van der Waals surface area (Å²) in [6, 6.07) is 0. The normalized spacial score (nSPS) is 11.0. The van der Waals surface area contributed by atoms with Crippen LogP contribution in [0.2, 0.25) is 0 Å². The van der Waals surface area contributed by atoms with Gasteiger partial charge in [0, 0.05) is 12.3 Å². The van der Waals surface area contributed by atoms with Crippen LogP contribution in [0.25, 0.3) is 6.20 Å². The molecule has 0 radical (unpaired) electrons. The number of rotatable bonds is 2. The molecule has 0 fully saturated rings. The Morgan fingerprint density at radius 3 is 2.44 bits per heavy atom. The molecule has 0 bridgehead atoms. The van der Waals surface area contributed by atoms with Crippen LogP contribution >= 0.6 is 0 Å². The molecule has 0 saturated carbocycles. The van der Waals surface area contributed by atoms with Gasteiger partial charge in [0.2, 0.25) is 11.9 Å². The Hall–Kier alpha value is -2.71. The Morgan fingerprint density at radius 1 is 1.19 bits per heavy atom. The topological polar surface area (TPSA) is 131 Å². The lowest BCUT2D eigenvalue weighted by atomic mass is 10.5. The summed E-state index contributed by atoms with van der Waals surface area (Å²) in [4.78, 5) is 18.8. The van der Waals surface area contributed by atoms with Gasteiger partial charge >= 0.3 is 0 Å². The van der Waals surface area contributed by atoms with Crippen molar-refractivity contribution in [2.75, 3.05) is 11.5 Å². The summed E-state index contributed by atoms with van der Waals surface area (Å²) in [6.07, 6.45) is 5.01. The monoisotopic (exact) mass is 220 g/mol. The molecule has 0 amide bonds. The summed E-state index contributed by atoms with van der Waals surface area (Å²) in [7, 11) is 0. The first-order valence-corrected chi connectivity index (χ1v) is 4.21. The molecule has 16 heavy (non-hydrogen) atoms. The van der Waals surface area contributed by atoms with Crippen LogP contribution in [0.5, 0.6) is 0 Å². The fourth-order valence-electron chi connectivity index (χ4n) is 0.999. The molecule has 0 aliphatic carbocycles. The number of carbonyl (C=O) groups is 1. The van der Waals surface area contributed by atoms with Crippen molar-refractivity contribution in [1.29, 1.82) is 0 Å². The Labute approximate surface area is 89.4 Å². The highest BCUT2D eigenvalue weighted by molar-refractivity contribution is 5.92. The van der Waals surface area contributed by atoms with Gasteiger partial charge in [-0.15, -0.1) is 0 Å². The number of nitrogens with zero attached hydrogens (tertiary/aromatic N) is 6. The van der Waals surface area contributed by atoms with Crippen LogP contribution in [0, 0.1) is 0 Å². The number of carbonyl (C=O) groups excluding carboxylic acids is 1. The Balaban J connectivity index is 2.17. The third kappa shape index (κ3) is 1.73. The van der Waals surface area contributed by atoms with E-state index in [1.807, 2.05) is 0 Å². The van der Waals surface area contributed by atoms with E-state index in [9.17, 15) is 4.79 Å². The molecule has 0 spiro atoms. The Kier molecular flexibility index (Phi) is 2.34. The highest BCUT2D eigenvalue weighted by atomic mass is 16.2. The molecular weight excluding hydrogens is 212 g/mol. The quantitative estimate of drug-likeness (QED) is 0.610. The summed E-state index contributed by atoms with van der Waals surface area (Å²) >= 11 is 0. The standard InChI is InChI=1S/C7H8N8O/c8-6-10-3-12-14(6)2-1-5(16)15-7(9)11-4-13-15/h1-4H,(H2,8,10,12)(H2,9,11,13)/b2-1+. The van der Waals surface area contributed by atoms with Crippen molar-refractivity contribution in [1.82, 2.24) is 29.5 Å². The summed E-state index contributed by atoms with van der Waals surface area (Å²) in [6.45, 7) is 0. The van der Waals surface area contributed by atoms with Crippen molar-refractivity contribution in [3.05, 3.63) is 18.7 Å². The minimum absolute atomic E-state index is 0.0150. The third-order valence-corrected chi connectivity index (χ3v) is 1.74. The van der Waals surface area contributed by atoms with E-state index in [1.165, 1.54) is 29.6 Å². The van der Waals surface area contributed by atoms with Crippen LogP contribution in [0.1, 0.15) is 4.79 Å². The van der Waals surface area contributed by atoms with Gasteiger partial charge in [-0.05, 0) is 0 Å². The van der Waals surface area contributed by atoms with Gasteiger partial charge in [-0.3, -0.25) is 4.79 Å². The number of allylic oxidation sites excluding steroid dienone is 1. The van der Waals surface area contributed by atoms with Gasteiger partial charge in [0.1, 0.15) is 12.7 Å². The fourth-order valence-corrected chi connectivity index (χ4v) is 0.999. The molecule has 9 nitrogen and oxygen atoms in total. The van der Waals surface area contributed by atoms with Gasteiger partial charge in [0.15, 0.2) is 0 Å². The van der Waals surface area contributed by atoms with E-state index in [1.54, 1.807) is 0 Å². The van der Waals surface area contributed by atoms with E-state index in [0.29, 0.717) is 0 Å². The number of hydrogen-bond acceptors (Lipinski definition) is 7. The van der Waals surface area contributed by atoms with Crippen molar-refractivity contribution in [2.24, 2.45) is 0 Å². The molecule has 0 unspecified atom stereocenters. The number of nitrogen functional groups attached to an aromatic ring is 2. The summed E-state index contributed by atoms with van der Waals surface area (Å²) in [5.74, 6) is -0.262. The maximum atomic E-state index is 11.5. The zero-order chi connectivity index (χ0) is 11.5. The predicted octanol–water partition coefficient (Wildman–Crippen LogP) is -1.15. The van der Waals surface area contributed by atoms with E-state index in [4.69, 9.17) is 11.5 Å². The van der Waals surface area contributed by atoms with E-state index in [2.05, 4.69) is 20.2 Å². The second kappa shape index (κ2) is 3.81. The lowest BCUT2D eigenvalue weighted by molar-refractivity contribution is 0.0957. The average Bonchev–Trinajstić information content (AvgIpc) is 2.84. The smallest absolute Gasteiger partial charge is 0.275 e. The lowest BCUT2D eigenvalue weighted by Gasteiger charge is -1.96. The van der Waals surface area contributed by atoms with Crippen molar-refractivity contribution >= 4 is 24.0 Å². The van der Waals surface area contributed by atoms with Crippen molar-refractivity contribution in [3.63, 3.8) is 0 Å². The highest BCUT2D eigenvalue weighted by Crippen LogP contribution is 1.98. The molecule has 2 heterocycles. The maximum Gasteiger partial charge on any atom is 0.275 e. The summed E-state index contributed by atoms with van der Waals surface area (Å²) < 4.78 is 2.19. The molecule has 0 aromatic carbocycles. The van der Waals surface area contributed by atoms with Crippen molar-refractivity contribution in [2.45, 2.75) is 0 Å². The number of aromatic nitrogens is 6. The lowest BCUT2D eigenvalue weighted by Crippen LogP contribution is -2.13. The van der Waals surface area contributed by atoms with Crippen molar-refractivity contribution in [3.8, 4) is 0 Å². The molecular formula is C7H8N8O. The molecule has 0 aliphatic rings. The Bertz CT molecular complexity index is 538. The second-order valence-electron chi connectivity index (χ2n) is 2.75. The molecule has 0 atom stereocenters. The predicted molar refractivity (Wildman–Crippen MR) is 54.8 cm³/mol. The van der Waals surface area contributed by atoms with Gasteiger partial charge in [0.25, 0.3) is 5.91 Å². The number of hydrogen-bond donors (Lipinski definition) is 2. The van der Waals surface area contributed by atoms with E-state index in [0.717, 1.165) is 4.68 Å². The molecule has 2 rings (SSSR count). The molecule has 82 valence electrons. The Morgan fingerprint density at radius 2 is 1.88 bits per heavy atom. The van der Waals surface area contributed by atoms with Gasteiger partial charge in [-0.1, -0.05) is 0 Å². The first-order chi connectivity index (χ1) is 7.68. The number of anilines is 2. The average molecular weight is 220 g/mol. The summed E-state index contributed by atoms with van der Waals surface area (Å²) in [5, 5.41) is 7.40. The van der Waals surface area contributed by atoms with E-state index in [-0.39, 0.29) is 11.9 Å². The molecule has 2 aromatic heterocycles. The van der Waals surface area contributed by atoms with E-state index < -0.39 is 5.91 Å². The van der Waals surface area contributed by atoms with Crippen LogP contribution in [0.15, 0.2) is 18.7 Å². The molecule has 4 N–H and O–H groups in total. The van der Waals surface area contributed by atoms with E-state index >= 15 is 0 Å². The van der Waals surface area contributed by atoms with Crippen molar-refractivity contribution < 1.29 is 4.79 Å². The fraction of sp³-hybridized carbons (Fsp3) is 0. The highest BCUT2D eigenvalue weighted by Gasteiger charge is 2.06. The van der Waals surface area contributed by atoms with Crippen LogP contribution in [0.3, 0.4) is 0 Å². The molecule has 0 saturated heterocycles. The largest absolute Gasteiger partial charge is 0.368 e. The number of nitrogens with two attached hydrogens (primary N) is 2. The maximum absolute atomic E-state index is 11.5. The van der Waals surface area contributed by atoms with Gasteiger partial charge in [-0.2, -0.15) is 24.8 Å². The molecule has 2 aromatic rings. The zero-order valence-electron chi connectivity index (χ0n) is 8.06. The minimum atomic E-state index is -0.454. The first-order valence-electron chi connectivity index (χ1n) is 4.21. The van der Waals surface area contributed by atoms with Crippen LogP contribution in [0.4, 0.5) is 11.9 Å². The van der Waals surface area contributed by atoms with Gasteiger partial charge in [-0.25, -0.2) is 4.68 Å². The van der Waals surface area contributed by atoms with Crippen LogP contribution in [-0.4, -0.2) is 35.4 Å². The summed E-state index contributed by atoms with van der Waals surface area (Å²) in [5.41, 5.74) is 10.8. The molecule has 9 heteroatoms.